The van der Waals surface area contributed by atoms with Crippen molar-refractivity contribution in [3.8, 4) is 0 Å². The van der Waals surface area contributed by atoms with Gasteiger partial charge in [-0.15, -0.1) is 12.4 Å². The molecule has 0 bridgehead atoms. The van der Waals surface area contributed by atoms with Crippen LogP contribution in [-0.4, -0.2) is 5.92 Å². The zero-order valence-corrected chi connectivity index (χ0v) is 8.71. The van der Waals surface area contributed by atoms with Crippen LogP contribution in [0.3, 0.4) is 0 Å². The molecule has 14 heavy (non-hydrogen) atoms. The monoisotopic (exact) mass is 239 g/mol. The van der Waals surface area contributed by atoms with Crippen LogP contribution in [-0.2, 0) is 5.54 Å². The van der Waals surface area contributed by atoms with Crippen LogP contribution < -0.4 is 5.73 Å². The Balaban J connectivity index is 0.000000980. The standard InChI is InChI=1S/C9H8ClF2N.ClH/c10-7-3-1-6(2-4-7)8(13)5-9(8,11)12;/h1-4H,5,13H2;1H. The molecule has 0 saturated heterocycles. The van der Waals surface area contributed by atoms with E-state index in [0.29, 0.717) is 10.6 Å². The first-order valence-electron chi connectivity index (χ1n) is 3.88. The van der Waals surface area contributed by atoms with E-state index in [-0.39, 0.29) is 18.8 Å². The van der Waals surface area contributed by atoms with Crippen LogP contribution in [0.2, 0.25) is 5.02 Å². The van der Waals surface area contributed by atoms with Gasteiger partial charge in [-0.05, 0) is 17.7 Å². The molecule has 0 amide bonds. The van der Waals surface area contributed by atoms with Crippen LogP contribution >= 0.6 is 24.0 Å². The van der Waals surface area contributed by atoms with Crippen molar-refractivity contribution in [2.45, 2.75) is 17.9 Å². The fourth-order valence-electron chi connectivity index (χ4n) is 1.37. The summed E-state index contributed by atoms with van der Waals surface area (Å²) in [6.45, 7) is 0. The summed E-state index contributed by atoms with van der Waals surface area (Å²) in [5, 5.41) is 0.524. The molecule has 0 spiro atoms. The van der Waals surface area contributed by atoms with Crippen molar-refractivity contribution in [2.75, 3.05) is 0 Å². The smallest absolute Gasteiger partial charge is 0.272 e. The molecular formula is C9H9Cl2F2N. The SMILES string of the molecule is Cl.NC1(c2ccc(Cl)cc2)CC1(F)F. The minimum absolute atomic E-state index is 0. The van der Waals surface area contributed by atoms with E-state index in [4.69, 9.17) is 17.3 Å². The second-order valence-electron chi connectivity index (χ2n) is 3.36. The van der Waals surface area contributed by atoms with Crippen molar-refractivity contribution in [3.05, 3.63) is 34.9 Å². The van der Waals surface area contributed by atoms with Gasteiger partial charge in [0.05, 0.1) is 0 Å². The molecule has 1 unspecified atom stereocenters. The van der Waals surface area contributed by atoms with E-state index in [1.807, 2.05) is 0 Å². The molecule has 0 radical (unpaired) electrons. The third kappa shape index (κ3) is 1.60. The lowest BCUT2D eigenvalue weighted by Crippen LogP contribution is -2.26. The van der Waals surface area contributed by atoms with Crippen molar-refractivity contribution < 1.29 is 8.78 Å². The highest BCUT2D eigenvalue weighted by atomic mass is 35.5. The first-order valence-corrected chi connectivity index (χ1v) is 4.26. The quantitative estimate of drug-likeness (QED) is 0.802. The molecular weight excluding hydrogens is 231 g/mol. The highest BCUT2D eigenvalue weighted by Crippen LogP contribution is 2.57. The van der Waals surface area contributed by atoms with Crippen molar-refractivity contribution in [2.24, 2.45) is 5.73 Å². The Morgan fingerprint density at radius 1 is 1.21 bits per heavy atom. The lowest BCUT2D eigenvalue weighted by molar-refractivity contribution is 0.0891. The number of rotatable bonds is 1. The van der Waals surface area contributed by atoms with Gasteiger partial charge < -0.3 is 5.73 Å². The fourth-order valence-corrected chi connectivity index (χ4v) is 1.49. The Morgan fingerprint density at radius 3 is 2.00 bits per heavy atom. The lowest BCUT2D eigenvalue weighted by atomic mass is 10.1. The van der Waals surface area contributed by atoms with E-state index in [1.165, 1.54) is 0 Å². The van der Waals surface area contributed by atoms with Gasteiger partial charge in [0.25, 0.3) is 5.92 Å². The Kier molecular flexibility index (Phi) is 2.78. The summed E-state index contributed by atoms with van der Waals surface area (Å²) in [6.07, 6.45) is -0.276. The van der Waals surface area contributed by atoms with E-state index in [1.54, 1.807) is 24.3 Å². The Morgan fingerprint density at radius 2 is 1.64 bits per heavy atom. The summed E-state index contributed by atoms with van der Waals surface area (Å²) in [7, 11) is 0. The summed E-state index contributed by atoms with van der Waals surface area (Å²) >= 11 is 5.62. The van der Waals surface area contributed by atoms with Gasteiger partial charge in [0.1, 0.15) is 5.54 Å². The molecule has 78 valence electrons. The van der Waals surface area contributed by atoms with Crippen LogP contribution in [0.25, 0.3) is 0 Å². The lowest BCUT2D eigenvalue weighted by Gasteiger charge is -2.10. The van der Waals surface area contributed by atoms with Crippen LogP contribution in [0.4, 0.5) is 8.78 Å². The predicted molar refractivity (Wildman–Crippen MR) is 54.1 cm³/mol. The Labute approximate surface area is 91.6 Å². The molecule has 1 nitrogen and oxygen atoms in total. The second-order valence-corrected chi connectivity index (χ2v) is 3.80. The van der Waals surface area contributed by atoms with Crippen molar-refractivity contribution in [1.29, 1.82) is 0 Å². The Hall–Kier alpha value is -0.380. The van der Waals surface area contributed by atoms with Gasteiger partial charge in [-0.3, -0.25) is 0 Å². The summed E-state index contributed by atoms with van der Waals surface area (Å²) < 4.78 is 25.6. The number of hydrogen-bond acceptors (Lipinski definition) is 1. The van der Waals surface area contributed by atoms with Crippen LogP contribution in [0, 0.1) is 0 Å². The number of halogens is 4. The molecule has 0 aromatic heterocycles. The average molecular weight is 240 g/mol. The number of alkyl halides is 2. The molecule has 0 aliphatic heterocycles. The number of hydrogen-bond donors (Lipinski definition) is 1. The molecule has 5 heteroatoms. The zero-order valence-electron chi connectivity index (χ0n) is 7.14. The first-order chi connectivity index (χ1) is 5.96. The van der Waals surface area contributed by atoms with Gasteiger partial charge in [0.15, 0.2) is 0 Å². The van der Waals surface area contributed by atoms with Gasteiger partial charge in [0, 0.05) is 11.4 Å². The predicted octanol–water partition coefficient (Wildman–Crippen LogP) is 2.95. The third-order valence-corrected chi connectivity index (χ3v) is 2.64. The molecule has 1 aromatic rings. The van der Waals surface area contributed by atoms with Crippen LogP contribution in [0.1, 0.15) is 12.0 Å². The van der Waals surface area contributed by atoms with Gasteiger partial charge in [0.2, 0.25) is 0 Å². The van der Waals surface area contributed by atoms with E-state index in [9.17, 15) is 8.78 Å². The maximum atomic E-state index is 12.8. The van der Waals surface area contributed by atoms with E-state index >= 15 is 0 Å². The third-order valence-electron chi connectivity index (χ3n) is 2.39. The van der Waals surface area contributed by atoms with Gasteiger partial charge in [-0.2, -0.15) is 0 Å². The highest BCUT2D eigenvalue weighted by Gasteiger charge is 2.69. The molecule has 1 fully saturated rings. The summed E-state index contributed by atoms with van der Waals surface area (Å²) in [4.78, 5) is 0. The van der Waals surface area contributed by atoms with Gasteiger partial charge in [-0.25, -0.2) is 8.78 Å². The highest BCUT2D eigenvalue weighted by molar-refractivity contribution is 6.30. The molecule has 1 aliphatic rings. The first kappa shape index (κ1) is 11.7. The molecule has 1 aliphatic carbocycles. The summed E-state index contributed by atoms with van der Waals surface area (Å²) in [6, 6.07) is 6.23. The molecule has 2 N–H and O–H groups in total. The summed E-state index contributed by atoms with van der Waals surface area (Å²) in [5.41, 5.74) is 4.49. The molecule has 1 aromatic carbocycles. The van der Waals surface area contributed by atoms with Crippen molar-refractivity contribution in [3.63, 3.8) is 0 Å². The van der Waals surface area contributed by atoms with E-state index in [0.717, 1.165) is 0 Å². The number of benzene rings is 1. The van der Waals surface area contributed by atoms with Gasteiger partial charge >= 0.3 is 0 Å². The summed E-state index contributed by atoms with van der Waals surface area (Å²) in [5.74, 6) is -2.76. The maximum absolute atomic E-state index is 12.8. The minimum Gasteiger partial charge on any atom is -0.316 e. The van der Waals surface area contributed by atoms with E-state index < -0.39 is 11.5 Å². The molecule has 1 saturated carbocycles. The largest absolute Gasteiger partial charge is 0.316 e. The van der Waals surface area contributed by atoms with E-state index in [2.05, 4.69) is 0 Å². The van der Waals surface area contributed by atoms with Gasteiger partial charge in [-0.1, -0.05) is 23.7 Å². The number of nitrogens with two attached hydrogens (primary N) is 1. The fraction of sp³-hybridized carbons (Fsp3) is 0.333. The normalized spacial score (nSPS) is 28.0. The second kappa shape index (κ2) is 3.33. The van der Waals surface area contributed by atoms with Crippen molar-refractivity contribution in [1.82, 2.24) is 0 Å². The molecule has 2 rings (SSSR count). The van der Waals surface area contributed by atoms with Crippen LogP contribution in [0.15, 0.2) is 24.3 Å². The zero-order chi connectivity index (χ0) is 9.69. The molecule has 1 atom stereocenters. The molecule has 0 heterocycles. The topological polar surface area (TPSA) is 26.0 Å². The maximum Gasteiger partial charge on any atom is 0.272 e. The minimum atomic E-state index is -2.76. The van der Waals surface area contributed by atoms with Crippen LogP contribution in [0.5, 0.6) is 0 Å². The Bertz CT molecular complexity index is 339. The average Bonchev–Trinajstić information content (AvgIpc) is 2.53. The van der Waals surface area contributed by atoms with Crippen molar-refractivity contribution >= 4 is 24.0 Å².